The van der Waals surface area contributed by atoms with Crippen molar-refractivity contribution >= 4 is 21.7 Å². The fourth-order valence-corrected chi connectivity index (χ4v) is 3.65. The van der Waals surface area contributed by atoms with Gasteiger partial charge in [0.05, 0.1) is 10.5 Å². The highest BCUT2D eigenvalue weighted by molar-refractivity contribution is 7.89. The second-order valence-electron chi connectivity index (χ2n) is 6.43. The van der Waals surface area contributed by atoms with Gasteiger partial charge in [-0.15, -0.1) is 0 Å². The molecule has 0 radical (unpaired) electrons. The predicted octanol–water partition coefficient (Wildman–Crippen LogP) is 3.31. The molecule has 24 heavy (non-hydrogen) atoms. The maximum Gasteiger partial charge on any atom is 0.337 e. The van der Waals surface area contributed by atoms with Gasteiger partial charge in [0.25, 0.3) is 0 Å². The average molecular weight is 356 g/mol. The smallest absolute Gasteiger partial charge is 0.337 e. The quantitative estimate of drug-likeness (QED) is 0.598. The van der Waals surface area contributed by atoms with Crippen molar-refractivity contribution in [2.45, 2.75) is 57.9 Å². The van der Waals surface area contributed by atoms with Crippen LogP contribution in [0.4, 0.5) is 5.69 Å². The Balaban J connectivity index is 3.02. The topological polar surface area (TPSA) is 95.5 Å². The molecule has 0 fully saturated rings. The average Bonchev–Trinajstić information content (AvgIpc) is 2.46. The molecule has 136 valence electrons. The molecular formula is C17H28N2O4S. The van der Waals surface area contributed by atoms with Crippen LogP contribution < -0.4 is 10.0 Å². The normalized spacial score (nSPS) is 13.0. The van der Waals surface area contributed by atoms with Crippen LogP contribution in [0.15, 0.2) is 23.1 Å². The number of benzene rings is 1. The number of carbonyl (C=O) groups is 1. The van der Waals surface area contributed by atoms with E-state index in [1.807, 2.05) is 6.92 Å². The summed E-state index contributed by atoms with van der Waals surface area (Å²) in [6, 6.07) is 3.96. The van der Waals surface area contributed by atoms with Gasteiger partial charge in [-0.25, -0.2) is 17.9 Å². The highest BCUT2D eigenvalue weighted by atomic mass is 32.2. The molecule has 0 aliphatic rings. The van der Waals surface area contributed by atoms with E-state index < -0.39 is 16.0 Å². The number of sulfonamides is 1. The second-order valence-corrected chi connectivity index (χ2v) is 8.15. The third-order valence-corrected chi connectivity index (χ3v) is 5.23. The van der Waals surface area contributed by atoms with Crippen LogP contribution in [0.5, 0.6) is 0 Å². The zero-order chi connectivity index (χ0) is 18.3. The Kier molecular flexibility index (Phi) is 7.69. The first-order valence-electron chi connectivity index (χ1n) is 8.31. The Morgan fingerprint density at radius 3 is 2.42 bits per heavy atom. The summed E-state index contributed by atoms with van der Waals surface area (Å²) in [5, 5.41) is 12.4. The first kappa shape index (κ1) is 20.4. The monoisotopic (exact) mass is 356 g/mol. The molecule has 0 unspecified atom stereocenters. The van der Waals surface area contributed by atoms with Crippen LogP contribution in [-0.2, 0) is 10.0 Å². The summed E-state index contributed by atoms with van der Waals surface area (Å²) in [7, 11) is -3.73. The number of anilines is 1. The molecule has 1 aromatic rings. The number of hydrogen-bond acceptors (Lipinski definition) is 4. The van der Waals surface area contributed by atoms with Gasteiger partial charge >= 0.3 is 5.97 Å². The molecule has 0 amide bonds. The van der Waals surface area contributed by atoms with Gasteiger partial charge < -0.3 is 10.4 Å². The summed E-state index contributed by atoms with van der Waals surface area (Å²) in [5.74, 6) is -0.657. The summed E-state index contributed by atoms with van der Waals surface area (Å²) >= 11 is 0. The molecule has 7 heteroatoms. The van der Waals surface area contributed by atoms with Gasteiger partial charge in [0.15, 0.2) is 0 Å². The van der Waals surface area contributed by atoms with Crippen LogP contribution >= 0.6 is 0 Å². The van der Waals surface area contributed by atoms with Gasteiger partial charge in [0, 0.05) is 18.3 Å². The molecule has 0 saturated heterocycles. The Bertz CT molecular complexity index is 657. The van der Waals surface area contributed by atoms with E-state index in [0.29, 0.717) is 18.2 Å². The van der Waals surface area contributed by atoms with Crippen molar-refractivity contribution in [3.63, 3.8) is 0 Å². The van der Waals surface area contributed by atoms with Crippen molar-refractivity contribution in [1.82, 2.24) is 4.72 Å². The maximum absolute atomic E-state index is 12.4. The number of carboxylic acid groups (broad SMARTS) is 1. The molecule has 0 aliphatic carbocycles. The summed E-state index contributed by atoms with van der Waals surface area (Å²) in [4.78, 5) is 11.4. The largest absolute Gasteiger partial charge is 0.478 e. The molecule has 0 aliphatic heterocycles. The van der Waals surface area contributed by atoms with E-state index in [9.17, 15) is 18.3 Å². The molecule has 0 bridgehead atoms. The van der Waals surface area contributed by atoms with Gasteiger partial charge in [0.1, 0.15) is 0 Å². The fraction of sp³-hybridized carbons (Fsp3) is 0.588. The predicted molar refractivity (Wildman–Crippen MR) is 96.0 cm³/mol. The molecule has 6 nitrogen and oxygen atoms in total. The van der Waals surface area contributed by atoms with Crippen LogP contribution in [0.1, 0.15) is 57.3 Å². The molecule has 1 atom stereocenters. The van der Waals surface area contributed by atoms with E-state index in [4.69, 9.17) is 0 Å². The van der Waals surface area contributed by atoms with E-state index >= 15 is 0 Å². The zero-order valence-corrected chi connectivity index (χ0v) is 15.6. The lowest BCUT2D eigenvalue weighted by Crippen LogP contribution is -2.32. The van der Waals surface area contributed by atoms with E-state index in [-0.39, 0.29) is 16.5 Å². The fourth-order valence-electron chi connectivity index (χ4n) is 2.34. The number of nitrogens with one attached hydrogen (secondary N) is 2. The molecule has 1 aromatic carbocycles. The third kappa shape index (κ3) is 6.13. The SMILES string of the molecule is CCC[C@H](C)NS(=O)(=O)c1ccc(NCCC(C)C)c(C(=O)O)c1. The second kappa shape index (κ2) is 9.03. The van der Waals surface area contributed by atoms with Gasteiger partial charge in [-0.05, 0) is 43.9 Å². The number of aromatic carboxylic acids is 1. The lowest BCUT2D eigenvalue weighted by Gasteiger charge is -2.15. The highest BCUT2D eigenvalue weighted by Crippen LogP contribution is 2.21. The minimum atomic E-state index is -3.73. The lowest BCUT2D eigenvalue weighted by molar-refractivity contribution is 0.0697. The molecule has 0 heterocycles. The Hall–Kier alpha value is -1.60. The van der Waals surface area contributed by atoms with Gasteiger partial charge in [-0.1, -0.05) is 27.2 Å². The van der Waals surface area contributed by atoms with E-state index in [1.165, 1.54) is 18.2 Å². The molecule has 0 saturated carbocycles. The number of carboxylic acids is 1. The first-order valence-corrected chi connectivity index (χ1v) is 9.79. The molecular weight excluding hydrogens is 328 g/mol. The van der Waals surface area contributed by atoms with Gasteiger partial charge in [0.2, 0.25) is 10.0 Å². The van der Waals surface area contributed by atoms with Crippen LogP contribution in [0.2, 0.25) is 0 Å². The summed E-state index contributed by atoms with van der Waals surface area (Å²) in [6.45, 7) is 8.57. The van der Waals surface area contributed by atoms with E-state index in [1.54, 1.807) is 6.92 Å². The van der Waals surface area contributed by atoms with Crippen molar-refractivity contribution in [1.29, 1.82) is 0 Å². The molecule has 1 rings (SSSR count). The molecule has 0 aromatic heterocycles. The van der Waals surface area contributed by atoms with Crippen LogP contribution in [0, 0.1) is 5.92 Å². The first-order chi connectivity index (χ1) is 11.2. The standard InChI is InChI=1S/C17H28N2O4S/c1-5-6-13(4)19-24(22,23)14-7-8-16(15(11-14)17(20)21)18-10-9-12(2)3/h7-8,11-13,18-19H,5-6,9-10H2,1-4H3,(H,20,21)/t13-/m0/s1. The van der Waals surface area contributed by atoms with Crippen molar-refractivity contribution in [2.75, 3.05) is 11.9 Å². The maximum atomic E-state index is 12.4. The third-order valence-electron chi connectivity index (χ3n) is 3.65. The van der Waals surface area contributed by atoms with Crippen molar-refractivity contribution in [2.24, 2.45) is 5.92 Å². The van der Waals surface area contributed by atoms with Crippen LogP contribution in [-0.4, -0.2) is 32.1 Å². The number of rotatable bonds is 10. The molecule has 0 spiro atoms. The van der Waals surface area contributed by atoms with Crippen LogP contribution in [0.3, 0.4) is 0 Å². The van der Waals surface area contributed by atoms with Gasteiger partial charge in [-0.3, -0.25) is 0 Å². The highest BCUT2D eigenvalue weighted by Gasteiger charge is 2.20. The van der Waals surface area contributed by atoms with Crippen molar-refractivity contribution in [3.05, 3.63) is 23.8 Å². The van der Waals surface area contributed by atoms with Crippen LogP contribution in [0.25, 0.3) is 0 Å². The van der Waals surface area contributed by atoms with E-state index in [2.05, 4.69) is 23.9 Å². The Morgan fingerprint density at radius 1 is 1.21 bits per heavy atom. The minimum absolute atomic E-state index is 0.0303. The van der Waals surface area contributed by atoms with Gasteiger partial charge in [-0.2, -0.15) is 0 Å². The minimum Gasteiger partial charge on any atom is -0.478 e. The lowest BCUT2D eigenvalue weighted by atomic mass is 10.1. The summed E-state index contributed by atoms with van der Waals surface area (Å²) < 4.78 is 27.3. The zero-order valence-electron chi connectivity index (χ0n) is 14.8. The van der Waals surface area contributed by atoms with E-state index in [0.717, 1.165) is 19.3 Å². The molecule has 3 N–H and O–H groups in total. The van der Waals surface area contributed by atoms with Crippen molar-refractivity contribution in [3.8, 4) is 0 Å². The Labute approximate surface area is 144 Å². The summed E-state index contributed by atoms with van der Waals surface area (Å²) in [6.07, 6.45) is 2.48. The number of hydrogen-bond donors (Lipinski definition) is 3. The summed E-state index contributed by atoms with van der Waals surface area (Å²) in [5.41, 5.74) is 0.397. The van der Waals surface area contributed by atoms with Crippen molar-refractivity contribution < 1.29 is 18.3 Å². The Morgan fingerprint density at radius 2 is 1.88 bits per heavy atom.